The Morgan fingerprint density at radius 3 is 2.29 bits per heavy atom. The zero-order chi connectivity index (χ0) is 11.2. The fourth-order valence-electron chi connectivity index (χ4n) is 0.709. The number of hydrogen-bond acceptors (Lipinski definition) is 5. The number of carbonyl (C=O) groups excluding carboxylic acids is 1. The van der Waals surface area contributed by atoms with E-state index in [2.05, 4.69) is 0 Å². The van der Waals surface area contributed by atoms with Gasteiger partial charge in [0.2, 0.25) is 0 Å². The number of ether oxygens (including phenoxy) is 4. The minimum Gasteiger partial charge on any atom is -0.462 e. The van der Waals surface area contributed by atoms with Crippen LogP contribution in [0.25, 0.3) is 0 Å². The van der Waals surface area contributed by atoms with Crippen LogP contribution in [0.1, 0.15) is 20.8 Å². The highest BCUT2D eigenvalue weighted by Crippen LogP contribution is 2.14. The van der Waals surface area contributed by atoms with Crippen molar-refractivity contribution >= 4 is 5.97 Å². The zero-order valence-corrected chi connectivity index (χ0v) is 9.33. The predicted octanol–water partition coefficient (Wildman–Crippen LogP) is 0.921. The summed E-state index contributed by atoms with van der Waals surface area (Å²) in [6.45, 7) is 5.36. The lowest BCUT2D eigenvalue weighted by molar-refractivity contribution is -0.278. The fraction of sp³-hybridized carbons (Fsp3) is 0.889. The summed E-state index contributed by atoms with van der Waals surface area (Å²) in [4.78, 5) is 11.2. The van der Waals surface area contributed by atoms with Crippen LogP contribution in [-0.2, 0) is 23.7 Å². The van der Waals surface area contributed by atoms with E-state index in [1.807, 2.05) is 0 Å². The van der Waals surface area contributed by atoms with Gasteiger partial charge in [-0.15, -0.1) is 0 Å². The van der Waals surface area contributed by atoms with E-state index in [0.29, 0.717) is 0 Å². The van der Waals surface area contributed by atoms with Gasteiger partial charge < -0.3 is 18.9 Å². The Kier molecular flexibility index (Phi) is 5.68. The monoisotopic (exact) mass is 206 g/mol. The first kappa shape index (κ1) is 13.4. The normalized spacial score (nSPS) is 13.8. The van der Waals surface area contributed by atoms with Crippen molar-refractivity contribution in [3.8, 4) is 0 Å². The third-order valence-electron chi connectivity index (χ3n) is 1.58. The van der Waals surface area contributed by atoms with Crippen molar-refractivity contribution in [1.82, 2.24) is 0 Å². The minimum absolute atomic E-state index is 0.287. The highest BCUT2D eigenvalue weighted by atomic mass is 16.8. The summed E-state index contributed by atoms with van der Waals surface area (Å²) in [5.41, 5.74) is 0. The summed E-state index contributed by atoms with van der Waals surface area (Å²) < 4.78 is 19.8. The summed E-state index contributed by atoms with van der Waals surface area (Å²) in [6, 6.07) is 0. The van der Waals surface area contributed by atoms with Crippen LogP contribution in [0.15, 0.2) is 0 Å². The molecule has 0 saturated heterocycles. The summed E-state index contributed by atoms with van der Waals surface area (Å²) in [5, 5.41) is 0. The van der Waals surface area contributed by atoms with Gasteiger partial charge in [-0.25, -0.2) is 4.79 Å². The van der Waals surface area contributed by atoms with Gasteiger partial charge in [-0.3, -0.25) is 0 Å². The lowest BCUT2D eigenvalue weighted by Crippen LogP contribution is -2.38. The fourth-order valence-corrected chi connectivity index (χ4v) is 0.709. The second-order valence-corrected chi connectivity index (χ2v) is 3.04. The first-order chi connectivity index (χ1) is 6.46. The molecule has 14 heavy (non-hydrogen) atoms. The van der Waals surface area contributed by atoms with Crippen molar-refractivity contribution in [3.05, 3.63) is 0 Å². The summed E-state index contributed by atoms with van der Waals surface area (Å²) in [5.74, 6) is -1.44. The molecular weight excluding hydrogens is 188 g/mol. The van der Waals surface area contributed by atoms with Crippen LogP contribution in [0.5, 0.6) is 0 Å². The molecule has 0 radical (unpaired) electrons. The Bertz CT molecular complexity index is 178. The van der Waals surface area contributed by atoms with Crippen LogP contribution >= 0.6 is 0 Å². The number of rotatable bonds is 6. The van der Waals surface area contributed by atoms with E-state index >= 15 is 0 Å². The van der Waals surface area contributed by atoms with Crippen LogP contribution in [0.3, 0.4) is 0 Å². The van der Waals surface area contributed by atoms with Crippen LogP contribution < -0.4 is 0 Å². The molecular formula is C9H18O5. The van der Waals surface area contributed by atoms with Crippen molar-refractivity contribution in [1.29, 1.82) is 0 Å². The summed E-state index contributed by atoms with van der Waals surface area (Å²) >= 11 is 0. The van der Waals surface area contributed by atoms with E-state index in [1.54, 1.807) is 20.8 Å². The van der Waals surface area contributed by atoms with E-state index < -0.39 is 18.0 Å². The van der Waals surface area contributed by atoms with E-state index in [0.717, 1.165) is 0 Å². The van der Waals surface area contributed by atoms with Crippen LogP contribution in [-0.4, -0.2) is 38.9 Å². The van der Waals surface area contributed by atoms with Crippen LogP contribution in [0.2, 0.25) is 0 Å². The van der Waals surface area contributed by atoms with Gasteiger partial charge in [-0.2, -0.15) is 0 Å². The molecule has 84 valence electrons. The highest BCUT2D eigenvalue weighted by Gasteiger charge is 2.29. The molecule has 0 heterocycles. The Morgan fingerprint density at radius 2 is 1.93 bits per heavy atom. The maximum Gasteiger partial charge on any atom is 0.363 e. The van der Waals surface area contributed by atoms with Gasteiger partial charge in [0.1, 0.15) is 0 Å². The van der Waals surface area contributed by atoms with Gasteiger partial charge in [-0.05, 0) is 20.8 Å². The second kappa shape index (κ2) is 5.95. The van der Waals surface area contributed by atoms with E-state index in [9.17, 15) is 4.79 Å². The molecule has 0 rings (SSSR count). The van der Waals surface area contributed by atoms with E-state index in [1.165, 1.54) is 14.2 Å². The van der Waals surface area contributed by atoms with Crippen molar-refractivity contribution in [2.24, 2.45) is 0 Å². The summed E-state index contributed by atoms with van der Waals surface area (Å²) in [6.07, 6.45) is -1.05. The molecule has 0 bridgehead atoms. The van der Waals surface area contributed by atoms with Crippen LogP contribution in [0, 0.1) is 0 Å². The van der Waals surface area contributed by atoms with Crippen molar-refractivity contribution in [3.63, 3.8) is 0 Å². The molecule has 0 amide bonds. The lowest BCUT2D eigenvalue weighted by atomic mass is 10.4. The average molecular weight is 206 g/mol. The van der Waals surface area contributed by atoms with Gasteiger partial charge in [0.25, 0.3) is 6.29 Å². The molecule has 0 aliphatic carbocycles. The number of hydrogen-bond donors (Lipinski definition) is 0. The molecule has 0 aliphatic rings. The topological polar surface area (TPSA) is 54.0 Å². The smallest absolute Gasteiger partial charge is 0.363 e. The Labute approximate surface area is 84.3 Å². The Morgan fingerprint density at radius 1 is 1.36 bits per heavy atom. The molecule has 0 aromatic carbocycles. The van der Waals surface area contributed by atoms with E-state index in [-0.39, 0.29) is 6.61 Å². The van der Waals surface area contributed by atoms with Crippen LogP contribution in [0.4, 0.5) is 0 Å². The standard InChI is InChI=1S/C9H18O5/c1-6-13-7(10)8(11-4)14-9(2,3)12-5/h8H,6H2,1-5H3. The van der Waals surface area contributed by atoms with E-state index in [4.69, 9.17) is 18.9 Å². The number of methoxy groups -OCH3 is 2. The predicted molar refractivity (Wildman–Crippen MR) is 49.6 cm³/mol. The third-order valence-corrected chi connectivity index (χ3v) is 1.58. The van der Waals surface area contributed by atoms with Crippen molar-refractivity contribution in [2.75, 3.05) is 20.8 Å². The number of esters is 1. The molecule has 0 aromatic rings. The van der Waals surface area contributed by atoms with Gasteiger partial charge in [0.05, 0.1) is 6.61 Å². The Balaban J connectivity index is 4.21. The average Bonchev–Trinajstić information content (AvgIpc) is 2.14. The molecule has 0 N–H and O–H groups in total. The molecule has 0 aromatic heterocycles. The SMILES string of the molecule is CCOC(=O)C(OC)OC(C)(C)OC. The molecule has 5 heteroatoms. The summed E-state index contributed by atoms with van der Waals surface area (Å²) in [7, 11) is 2.85. The van der Waals surface area contributed by atoms with Gasteiger partial charge in [-0.1, -0.05) is 0 Å². The molecule has 0 spiro atoms. The first-order valence-corrected chi connectivity index (χ1v) is 4.39. The van der Waals surface area contributed by atoms with Gasteiger partial charge >= 0.3 is 5.97 Å². The first-order valence-electron chi connectivity index (χ1n) is 4.39. The van der Waals surface area contributed by atoms with Gasteiger partial charge in [0, 0.05) is 14.2 Å². The molecule has 0 saturated carbocycles. The van der Waals surface area contributed by atoms with Gasteiger partial charge in [0.15, 0.2) is 5.79 Å². The highest BCUT2D eigenvalue weighted by molar-refractivity contribution is 5.73. The number of carbonyl (C=O) groups is 1. The molecule has 1 atom stereocenters. The molecule has 0 aliphatic heterocycles. The van der Waals surface area contributed by atoms with Crippen molar-refractivity contribution < 1.29 is 23.7 Å². The zero-order valence-electron chi connectivity index (χ0n) is 9.33. The third kappa shape index (κ3) is 4.55. The maximum atomic E-state index is 11.2. The maximum absolute atomic E-state index is 11.2. The largest absolute Gasteiger partial charge is 0.462 e. The molecule has 5 nitrogen and oxygen atoms in total. The Hall–Kier alpha value is -0.650. The van der Waals surface area contributed by atoms with Crippen molar-refractivity contribution in [2.45, 2.75) is 32.8 Å². The minimum atomic E-state index is -1.05. The lowest BCUT2D eigenvalue weighted by Gasteiger charge is -2.27. The second-order valence-electron chi connectivity index (χ2n) is 3.04. The quantitative estimate of drug-likeness (QED) is 0.478. The molecule has 1 unspecified atom stereocenters. The molecule has 0 fully saturated rings.